The van der Waals surface area contributed by atoms with E-state index in [1.165, 1.54) is 4.90 Å². The lowest BCUT2D eigenvalue weighted by atomic mass is 10.1. The lowest BCUT2D eigenvalue weighted by Crippen LogP contribution is -2.34. The molecule has 9 heteroatoms. The molecule has 0 atom stereocenters. The van der Waals surface area contributed by atoms with Gasteiger partial charge in [-0.2, -0.15) is 4.98 Å². The first-order chi connectivity index (χ1) is 19.0. The quantitative estimate of drug-likeness (QED) is 0.284. The summed E-state index contributed by atoms with van der Waals surface area (Å²) >= 11 is 0. The molecule has 194 valence electrons. The molecule has 3 heterocycles. The lowest BCUT2D eigenvalue weighted by molar-refractivity contribution is 0.0655. The van der Waals surface area contributed by atoms with Crippen molar-refractivity contribution in [2.24, 2.45) is 0 Å². The molecule has 6 rings (SSSR count). The van der Waals surface area contributed by atoms with E-state index in [1.54, 1.807) is 41.0 Å². The minimum Gasteiger partial charge on any atom is -0.334 e. The second-order valence-corrected chi connectivity index (χ2v) is 9.38. The van der Waals surface area contributed by atoms with Gasteiger partial charge < -0.3 is 4.52 Å². The first-order valence-corrected chi connectivity index (χ1v) is 12.9. The van der Waals surface area contributed by atoms with Crippen LogP contribution in [0.1, 0.15) is 44.9 Å². The monoisotopic (exact) mass is 519 g/mol. The zero-order valence-electron chi connectivity index (χ0n) is 21.3. The third-order valence-electron chi connectivity index (χ3n) is 6.99. The molecule has 1 aliphatic rings. The van der Waals surface area contributed by atoms with E-state index in [0.717, 1.165) is 11.1 Å². The third kappa shape index (κ3) is 4.52. The van der Waals surface area contributed by atoms with Gasteiger partial charge in [0.1, 0.15) is 5.82 Å². The molecule has 2 amide bonds. The van der Waals surface area contributed by atoms with E-state index in [0.29, 0.717) is 59.0 Å². The van der Waals surface area contributed by atoms with Crippen molar-refractivity contribution in [3.05, 3.63) is 111 Å². The summed E-state index contributed by atoms with van der Waals surface area (Å²) in [7, 11) is 0. The molecule has 0 bridgehead atoms. The maximum Gasteiger partial charge on any atom is 0.261 e. The average molecular weight is 520 g/mol. The fourth-order valence-electron chi connectivity index (χ4n) is 4.86. The molecule has 0 saturated heterocycles. The van der Waals surface area contributed by atoms with Gasteiger partial charge in [-0.15, -0.1) is 0 Å². The van der Waals surface area contributed by atoms with Crippen LogP contribution in [0.15, 0.2) is 82.1 Å². The Kier molecular flexibility index (Phi) is 6.32. The van der Waals surface area contributed by atoms with Gasteiger partial charge in [-0.3, -0.25) is 23.9 Å². The van der Waals surface area contributed by atoms with Crippen molar-refractivity contribution in [1.29, 1.82) is 0 Å². The van der Waals surface area contributed by atoms with Gasteiger partial charge in [0.2, 0.25) is 0 Å². The molecule has 0 spiro atoms. The normalized spacial score (nSPS) is 12.9. The zero-order valence-corrected chi connectivity index (χ0v) is 21.3. The Balaban J connectivity index is 1.24. The average Bonchev–Trinajstić information content (AvgIpc) is 3.55. The molecule has 5 aromatic rings. The minimum absolute atomic E-state index is 0.135. The summed E-state index contributed by atoms with van der Waals surface area (Å²) in [5.41, 5.74) is 3.11. The van der Waals surface area contributed by atoms with Gasteiger partial charge in [0.25, 0.3) is 23.3 Å². The van der Waals surface area contributed by atoms with Crippen molar-refractivity contribution in [2.75, 3.05) is 6.54 Å². The number of aryl methyl sites for hydroxylation is 2. The minimum atomic E-state index is -0.322. The number of carbonyl (C=O) groups is 2. The van der Waals surface area contributed by atoms with Crippen LogP contribution >= 0.6 is 0 Å². The van der Waals surface area contributed by atoms with Crippen LogP contribution < -0.4 is 5.56 Å². The molecule has 0 radical (unpaired) electrons. The molecule has 9 nitrogen and oxygen atoms in total. The summed E-state index contributed by atoms with van der Waals surface area (Å²) in [6, 6.07) is 21.8. The topological polar surface area (TPSA) is 111 Å². The number of hydrogen-bond acceptors (Lipinski definition) is 7. The molecule has 0 saturated carbocycles. The Bertz CT molecular complexity index is 1740. The van der Waals surface area contributed by atoms with Gasteiger partial charge >= 0.3 is 0 Å². The fourth-order valence-corrected chi connectivity index (χ4v) is 4.86. The van der Waals surface area contributed by atoms with Crippen molar-refractivity contribution in [1.82, 2.24) is 24.6 Å². The van der Waals surface area contributed by atoms with E-state index in [-0.39, 0.29) is 30.3 Å². The van der Waals surface area contributed by atoms with Crippen LogP contribution in [0.3, 0.4) is 0 Å². The van der Waals surface area contributed by atoms with Gasteiger partial charge in [0, 0.05) is 31.5 Å². The Morgan fingerprint density at radius 1 is 0.769 bits per heavy atom. The molecular formula is C30H25N5O4. The maximum absolute atomic E-state index is 13.5. The number of hydrogen-bond donors (Lipinski definition) is 0. The summed E-state index contributed by atoms with van der Waals surface area (Å²) in [5, 5.41) is 4.47. The predicted octanol–water partition coefficient (Wildman–Crippen LogP) is 4.09. The Morgan fingerprint density at radius 2 is 1.46 bits per heavy atom. The van der Waals surface area contributed by atoms with Crippen molar-refractivity contribution in [3.8, 4) is 11.5 Å². The van der Waals surface area contributed by atoms with E-state index in [9.17, 15) is 14.4 Å². The van der Waals surface area contributed by atoms with Gasteiger partial charge in [0.05, 0.1) is 22.0 Å². The summed E-state index contributed by atoms with van der Waals surface area (Å²) < 4.78 is 6.97. The smallest absolute Gasteiger partial charge is 0.261 e. The van der Waals surface area contributed by atoms with E-state index in [2.05, 4.69) is 10.1 Å². The fraction of sp³-hybridized carbons (Fsp3) is 0.200. The number of carbonyl (C=O) groups excluding carboxylic acids is 2. The van der Waals surface area contributed by atoms with Crippen molar-refractivity contribution >= 4 is 22.7 Å². The second kappa shape index (κ2) is 10.1. The van der Waals surface area contributed by atoms with Crippen molar-refractivity contribution in [2.45, 2.75) is 32.7 Å². The number of imide groups is 1. The van der Waals surface area contributed by atoms with Crippen LogP contribution in [0, 0.1) is 0 Å². The molecule has 0 fully saturated rings. The number of benzene rings is 3. The zero-order chi connectivity index (χ0) is 26.9. The largest absolute Gasteiger partial charge is 0.334 e. The molecule has 0 unspecified atom stereocenters. The van der Waals surface area contributed by atoms with Crippen LogP contribution in [-0.4, -0.2) is 43.0 Å². The molecule has 0 N–H and O–H groups in total. The number of nitrogens with zero attached hydrogens (tertiary/aromatic N) is 5. The highest BCUT2D eigenvalue weighted by Crippen LogP contribution is 2.23. The first kappa shape index (κ1) is 24.4. The molecule has 3 aromatic carbocycles. The highest BCUT2D eigenvalue weighted by atomic mass is 16.5. The van der Waals surface area contributed by atoms with Gasteiger partial charge in [-0.05, 0) is 48.4 Å². The number of para-hydroxylation sites is 1. The van der Waals surface area contributed by atoms with Crippen LogP contribution in [-0.2, 0) is 25.8 Å². The second-order valence-electron chi connectivity index (χ2n) is 9.38. The molecular weight excluding hydrogens is 494 g/mol. The van der Waals surface area contributed by atoms with E-state index < -0.39 is 0 Å². The van der Waals surface area contributed by atoms with Gasteiger partial charge in [-0.1, -0.05) is 48.5 Å². The highest BCUT2D eigenvalue weighted by molar-refractivity contribution is 6.21. The van der Waals surface area contributed by atoms with E-state index in [4.69, 9.17) is 9.51 Å². The van der Waals surface area contributed by atoms with E-state index >= 15 is 0 Å². The van der Waals surface area contributed by atoms with Gasteiger partial charge in [-0.25, -0.2) is 4.98 Å². The summed E-state index contributed by atoms with van der Waals surface area (Å²) in [6.07, 6.45) is 1.55. The summed E-state index contributed by atoms with van der Waals surface area (Å²) in [4.78, 5) is 49.6. The number of fused-ring (bicyclic) bond motifs is 2. The molecule has 1 aliphatic heterocycles. The Labute approximate surface area is 223 Å². The van der Waals surface area contributed by atoms with Gasteiger partial charge in [0.15, 0.2) is 5.82 Å². The Hall–Kier alpha value is -4.92. The lowest BCUT2D eigenvalue weighted by Gasteiger charge is -2.17. The summed E-state index contributed by atoms with van der Waals surface area (Å²) in [6.45, 7) is 2.50. The SMILES string of the molecule is CCc1noc(-c2ccc(CCn3c(CCN4C(=O)c5ccccc5C4=O)nc4ccccc4c3=O)cc2)n1. The third-order valence-corrected chi connectivity index (χ3v) is 6.99. The number of rotatable bonds is 8. The molecule has 0 aliphatic carbocycles. The standard InChI is InChI=1S/C30H25N5O4/c1-2-25-32-27(39-33-25)20-13-11-19(12-14-20)15-17-34-26(31-24-10-6-5-9-23(24)30(34)38)16-18-35-28(36)21-7-3-4-8-22(21)29(35)37/h3-14H,2,15-18H2,1H3. The summed E-state index contributed by atoms with van der Waals surface area (Å²) in [5.74, 6) is 1.02. The van der Waals surface area contributed by atoms with Crippen molar-refractivity contribution < 1.29 is 14.1 Å². The van der Waals surface area contributed by atoms with Crippen LogP contribution in [0.5, 0.6) is 0 Å². The molecule has 2 aromatic heterocycles. The Morgan fingerprint density at radius 3 is 2.15 bits per heavy atom. The number of aromatic nitrogens is 4. The molecule has 39 heavy (non-hydrogen) atoms. The van der Waals surface area contributed by atoms with E-state index in [1.807, 2.05) is 43.3 Å². The first-order valence-electron chi connectivity index (χ1n) is 12.9. The van der Waals surface area contributed by atoms with Crippen LogP contribution in [0.2, 0.25) is 0 Å². The predicted molar refractivity (Wildman–Crippen MR) is 144 cm³/mol. The maximum atomic E-state index is 13.5. The highest BCUT2D eigenvalue weighted by Gasteiger charge is 2.34. The van der Waals surface area contributed by atoms with Crippen molar-refractivity contribution in [3.63, 3.8) is 0 Å². The van der Waals surface area contributed by atoms with Crippen LogP contribution in [0.25, 0.3) is 22.4 Å². The van der Waals surface area contributed by atoms with Crippen LogP contribution in [0.4, 0.5) is 0 Å². The number of amides is 2.